The number of rotatable bonds is 3. The third-order valence-electron chi connectivity index (χ3n) is 0.625. The summed E-state index contributed by atoms with van der Waals surface area (Å²) in [6.07, 6.45) is 0. The highest BCUT2D eigenvalue weighted by Gasteiger charge is 2.17. The van der Waals surface area contributed by atoms with E-state index in [0.29, 0.717) is 0 Å². The SMILES string of the molecule is COP(=O)(N=C=S)OC. The minimum atomic E-state index is -3.27. The van der Waals surface area contributed by atoms with Crippen LogP contribution in [0.25, 0.3) is 0 Å². The molecule has 0 rings (SSSR count). The molecule has 52 valence electrons. The Balaban J connectivity index is 4.28. The van der Waals surface area contributed by atoms with E-state index in [9.17, 15) is 4.57 Å². The molecule has 0 spiro atoms. The molecule has 0 aromatic rings. The van der Waals surface area contributed by atoms with Crippen LogP contribution in [0, 0.1) is 0 Å². The maximum absolute atomic E-state index is 10.8. The van der Waals surface area contributed by atoms with Crippen LogP contribution in [-0.4, -0.2) is 19.4 Å². The highest BCUT2D eigenvalue weighted by Crippen LogP contribution is 2.47. The average Bonchev–Trinajstić information content (AvgIpc) is 1.89. The smallest absolute Gasteiger partial charge is 0.294 e. The van der Waals surface area contributed by atoms with E-state index in [1.807, 2.05) is 5.16 Å². The van der Waals surface area contributed by atoms with Crippen LogP contribution in [0.5, 0.6) is 0 Å². The Kier molecular flexibility index (Phi) is 3.86. The predicted molar refractivity (Wildman–Crippen MR) is 36.7 cm³/mol. The van der Waals surface area contributed by atoms with Gasteiger partial charge in [0, 0.05) is 14.2 Å². The van der Waals surface area contributed by atoms with Gasteiger partial charge in [-0.05, 0) is 12.2 Å². The Morgan fingerprint density at radius 3 is 2.11 bits per heavy atom. The number of hydrogen-bond acceptors (Lipinski definition) is 4. The maximum Gasteiger partial charge on any atom is 0.462 e. The van der Waals surface area contributed by atoms with Crippen molar-refractivity contribution in [2.75, 3.05) is 14.2 Å². The molecule has 0 aromatic heterocycles. The van der Waals surface area contributed by atoms with Gasteiger partial charge in [-0.15, -0.1) is 4.76 Å². The van der Waals surface area contributed by atoms with Crippen molar-refractivity contribution in [1.82, 2.24) is 0 Å². The van der Waals surface area contributed by atoms with Crippen LogP contribution in [0.4, 0.5) is 0 Å². The van der Waals surface area contributed by atoms with E-state index >= 15 is 0 Å². The Morgan fingerprint density at radius 1 is 1.56 bits per heavy atom. The van der Waals surface area contributed by atoms with E-state index in [2.05, 4.69) is 26.0 Å². The summed E-state index contributed by atoms with van der Waals surface area (Å²) in [4.78, 5) is 0. The first-order valence-corrected chi connectivity index (χ1v) is 3.90. The van der Waals surface area contributed by atoms with Gasteiger partial charge >= 0.3 is 7.75 Å². The van der Waals surface area contributed by atoms with Crippen LogP contribution in [0.3, 0.4) is 0 Å². The molecule has 0 aliphatic carbocycles. The van der Waals surface area contributed by atoms with Gasteiger partial charge in [0.05, 0.1) is 5.16 Å². The normalized spacial score (nSPS) is 10.4. The van der Waals surface area contributed by atoms with Crippen LogP contribution in [0.2, 0.25) is 0 Å². The lowest BCUT2D eigenvalue weighted by molar-refractivity contribution is 0.277. The third kappa shape index (κ3) is 2.84. The summed E-state index contributed by atoms with van der Waals surface area (Å²) in [7, 11) is -0.826. The van der Waals surface area contributed by atoms with Crippen LogP contribution < -0.4 is 0 Å². The molecular weight excluding hydrogens is 161 g/mol. The predicted octanol–water partition coefficient (Wildman–Crippen LogP) is 1.49. The van der Waals surface area contributed by atoms with Gasteiger partial charge in [0.15, 0.2) is 0 Å². The van der Waals surface area contributed by atoms with Gasteiger partial charge in [-0.25, -0.2) is 4.57 Å². The molecule has 6 heteroatoms. The number of isothiocyanates is 1. The molecule has 0 aliphatic heterocycles. The molecule has 0 unspecified atom stereocenters. The first kappa shape index (κ1) is 8.95. The van der Waals surface area contributed by atoms with Crippen molar-refractivity contribution in [2.45, 2.75) is 0 Å². The maximum atomic E-state index is 10.8. The summed E-state index contributed by atoms with van der Waals surface area (Å²) in [5.41, 5.74) is 0. The first-order valence-electron chi connectivity index (χ1n) is 1.99. The molecule has 0 radical (unpaired) electrons. The Morgan fingerprint density at radius 2 is 2.00 bits per heavy atom. The van der Waals surface area contributed by atoms with Gasteiger partial charge in [0.25, 0.3) is 0 Å². The van der Waals surface area contributed by atoms with Crippen molar-refractivity contribution >= 4 is 25.1 Å². The Hall–Kier alpha value is -0.0500. The van der Waals surface area contributed by atoms with Crippen molar-refractivity contribution in [3.05, 3.63) is 0 Å². The number of thiocarbonyl (C=S) groups is 1. The summed E-state index contributed by atoms with van der Waals surface area (Å²) < 4.78 is 22.7. The largest absolute Gasteiger partial charge is 0.462 e. The quantitative estimate of drug-likeness (QED) is 0.363. The van der Waals surface area contributed by atoms with Gasteiger partial charge in [0.2, 0.25) is 0 Å². The number of nitrogens with zero attached hydrogens (tertiary/aromatic N) is 1. The number of hydrogen-bond donors (Lipinski definition) is 0. The summed E-state index contributed by atoms with van der Waals surface area (Å²) in [6, 6.07) is 0. The van der Waals surface area contributed by atoms with Crippen molar-refractivity contribution < 1.29 is 13.6 Å². The molecule has 0 saturated heterocycles. The van der Waals surface area contributed by atoms with Gasteiger partial charge in [-0.1, -0.05) is 0 Å². The van der Waals surface area contributed by atoms with E-state index in [-0.39, 0.29) is 0 Å². The molecule has 0 atom stereocenters. The zero-order valence-corrected chi connectivity index (χ0v) is 6.74. The molecule has 0 amide bonds. The van der Waals surface area contributed by atoms with Gasteiger partial charge in [-0.2, -0.15) is 0 Å². The summed E-state index contributed by atoms with van der Waals surface area (Å²) >= 11 is 4.18. The molecular formula is C3H6NO3PS. The fourth-order valence-corrected chi connectivity index (χ4v) is 0.919. The first-order chi connectivity index (χ1) is 4.18. The molecule has 0 fully saturated rings. The summed E-state index contributed by atoms with van der Waals surface area (Å²) in [5, 5.41) is 1.91. The Labute approximate surface area is 58.5 Å². The van der Waals surface area contributed by atoms with Crippen molar-refractivity contribution in [1.29, 1.82) is 0 Å². The standard InChI is InChI=1S/C3H6NO3PS/c1-6-8(5,7-2)4-3-9/h1-2H3. The van der Waals surface area contributed by atoms with E-state index < -0.39 is 7.75 Å². The second-order valence-electron chi connectivity index (χ2n) is 1.02. The fourth-order valence-electron chi connectivity index (χ4n) is 0.206. The minimum absolute atomic E-state index is 1.22. The topological polar surface area (TPSA) is 47.9 Å². The van der Waals surface area contributed by atoms with Crippen molar-refractivity contribution in [2.24, 2.45) is 4.76 Å². The fraction of sp³-hybridized carbons (Fsp3) is 0.667. The average molecular weight is 167 g/mol. The van der Waals surface area contributed by atoms with Crippen LogP contribution in [0.1, 0.15) is 0 Å². The molecule has 0 aliphatic rings. The van der Waals surface area contributed by atoms with Crippen LogP contribution in [-0.2, 0) is 13.6 Å². The van der Waals surface area contributed by atoms with E-state index in [1.54, 1.807) is 0 Å². The van der Waals surface area contributed by atoms with Gasteiger partial charge < -0.3 is 0 Å². The molecule has 0 heterocycles. The lowest BCUT2D eigenvalue weighted by Crippen LogP contribution is -1.82. The minimum Gasteiger partial charge on any atom is -0.294 e. The molecule has 9 heavy (non-hydrogen) atoms. The lowest BCUT2D eigenvalue weighted by Gasteiger charge is -2.03. The highest BCUT2D eigenvalue weighted by atomic mass is 32.1. The van der Waals surface area contributed by atoms with Gasteiger partial charge in [-0.3, -0.25) is 9.05 Å². The molecule has 0 saturated carbocycles. The molecule has 4 nitrogen and oxygen atoms in total. The van der Waals surface area contributed by atoms with Crippen molar-refractivity contribution in [3.8, 4) is 0 Å². The molecule has 0 aromatic carbocycles. The second kappa shape index (κ2) is 3.88. The van der Waals surface area contributed by atoms with E-state index in [0.717, 1.165) is 0 Å². The lowest BCUT2D eigenvalue weighted by atomic mass is 11.8. The van der Waals surface area contributed by atoms with Crippen LogP contribution >= 0.6 is 20.0 Å². The third-order valence-corrected chi connectivity index (χ3v) is 2.12. The zero-order valence-electron chi connectivity index (χ0n) is 5.03. The Bertz CT molecular complexity index is 168. The monoisotopic (exact) mass is 167 g/mol. The molecule has 0 bridgehead atoms. The molecule has 0 N–H and O–H groups in total. The van der Waals surface area contributed by atoms with Crippen molar-refractivity contribution in [3.63, 3.8) is 0 Å². The van der Waals surface area contributed by atoms with Crippen LogP contribution in [0.15, 0.2) is 4.76 Å². The van der Waals surface area contributed by atoms with Gasteiger partial charge in [0.1, 0.15) is 0 Å². The van der Waals surface area contributed by atoms with E-state index in [4.69, 9.17) is 0 Å². The highest BCUT2D eigenvalue weighted by molar-refractivity contribution is 7.78. The van der Waals surface area contributed by atoms with E-state index in [1.165, 1.54) is 14.2 Å². The zero-order chi connectivity index (χ0) is 7.33. The second-order valence-corrected chi connectivity index (χ2v) is 3.07. The summed E-state index contributed by atoms with van der Waals surface area (Å²) in [6.45, 7) is 0. The summed E-state index contributed by atoms with van der Waals surface area (Å²) in [5.74, 6) is 0.